The van der Waals surface area contributed by atoms with Crippen molar-refractivity contribution in [2.45, 2.75) is 34.2 Å². The van der Waals surface area contributed by atoms with Crippen LogP contribution in [-0.4, -0.2) is 4.13 Å². The molecule has 0 radical (unpaired) electrons. The van der Waals surface area contributed by atoms with E-state index in [1.165, 1.54) is 24.0 Å². The van der Waals surface area contributed by atoms with E-state index < -0.39 is 0 Å². The molecule has 1 heterocycles. The van der Waals surface area contributed by atoms with Gasteiger partial charge in [0.15, 0.2) is 11.8 Å². The number of halogens is 2. The Kier molecular flexibility index (Phi) is 20.8. The molecule has 0 aliphatic rings. The van der Waals surface area contributed by atoms with Crippen LogP contribution in [-0.2, 0) is 6.54 Å². The average Bonchev–Trinajstić information content (AvgIpc) is 3.06. The van der Waals surface area contributed by atoms with Gasteiger partial charge in [0.25, 0.3) is 0 Å². The van der Waals surface area contributed by atoms with Crippen molar-refractivity contribution in [3.05, 3.63) is 54.1 Å². The largest absolute Gasteiger partial charge is 1.00 e. The summed E-state index contributed by atoms with van der Waals surface area (Å²) in [4.78, 5) is 0. The number of allylic oxidation sites excluding steroid dienone is 1. The standard InChI is InChI=1S/C7H5BrFNOS.C4H10.C3H6.CH3.Cs/c8-7-3-6(9)2-1-5(7)4-10-11-12-10;1-4(2)3;1-3-2;;/h1-3H,4H2;4H,1-3H3;3H,1H2,2H3;1H3;/q;;;-1;+1. The molecule has 0 saturated carbocycles. The first-order valence-corrected chi connectivity index (χ1v) is 7.53. The fourth-order valence-electron chi connectivity index (χ4n) is 0.865. The van der Waals surface area contributed by atoms with Gasteiger partial charge in [0.2, 0.25) is 0 Å². The summed E-state index contributed by atoms with van der Waals surface area (Å²) in [6.45, 7) is 12.4. The zero-order chi connectivity index (χ0) is 14.8. The zero-order valence-electron chi connectivity index (χ0n) is 13.8. The summed E-state index contributed by atoms with van der Waals surface area (Å²) in [6.07, 6.45) is 1.75. The Bertz CT molecular complexity index is 454. The van der Waals surface area contributed by atoms with E-state index in [4.69, 9.17) is 3.96 Å². The molecular weight excluding hydrogens is 474 g/mol. The van der Waals surface area contributed by atoms with E-state index in [9.17, 15) is 4.39 Å². The average molecular weight is 498 g/mol. The number of hydrogen-bond donors (Lipinski definition) is 0. The Balaban J connectivity index is -0.000000312. The summed E-state index contributed by atoms with van der Waals surface area (Å²) in [6, 6.07) is 4.62. The monoisotopic (exact) mass is 497 g/mol. The number of nitrogens with zero attached hydrogens (tertiary/aromatic N) is 1. The third-order valence-electron chi connectivity index (χ3n) is 1.49. The van der Waals surface area contributed by atoms with Gasteiger partial charge in [0.05, 0.1) is 6.54 Å². The quantitative estimate of drug-likeness (QED) is 0.459. The predicted octanol–water partition coefficient (Wildman–Crippen LogP) is 3.40. The minimum atomic E-state index is -0.231. The molecule has 0 unspecified atom stereocenters. The molecule has 2 rings (SSSR count). The van der Waals surface area contributed by atoms with Gasteiger partial charge in [0, 0.05) is 4.47 Å². The molecule has 0 aliphatic heterocycles. The van der Waals surface area contributed by atoms with Crippen LogP contribution in [0.25, 0.3) is 0 Å². The molecule has 0 amide bonds. The Morgan fingerprint density at radius 3 is 2.19 bits per heavy atom. The van der Waals surface area contributed by atoms with Crippen molar-refractivity contribution in [3.63, 3.8) is 0 Å². The van der Waals surface area contributed by atoms with Crippen LogP contribution in [0.2, 0.25) is 0 Å². The van der Waals surface area contributed by atoms with Gasteiger partial charge >= 0.3 is 68.9 Å². The Morgan fingerprint density at radius 1 is 1.43 bits per heavy atom. The minimum Gasteiger partial charge on any atom is -0.358 e. The van der Waals surface area contributed by atoms with E-state index in [1.807, 2.05) is 6.92 Å². The van der Waals surface area contributed by atoms with Crippen LogP contribution < -0.4 is 68.9 Å². The molecule has 2 aromatic rings. The van der Waals surface area contributed by atoms with Crippen molar-refractivity contribution < 1.29 is 77.2 Å². The molecule has 6 heteroatoms. The predicted molar refractivity (Wildman–Crippen MR) is 90.6 cm³/mol. The number of benzene rings is 1. The Hall–Kier alpha value is 1.24. The maximum absolute atomic E-state index is 12.6. The fourth-order valence-corrected chi connectivity index (χ4v) is 1.63. The molecule has 0 N–H and O–H groups in total. The van der Waals surface area contributed by atoms with E-state index in [0.717, 1.165) is 16.0 Å². The van der Waals surface area contributed by atoms with E-state index in [2.05, 4.69) is 43.3 Å². The van der Waals surface area contributed by atoms with Crippen LogP contribution in [0.4, 0.5) is 4.39 Å². The van der Waals surface area contributed by atoms with E-state index in [0.29, 0.717) is 6.54 Å². The first-order chi connectivity index (χ1) is 8.90. The molecule has 2 nitrogen and oxygen atoms in total. The summed E-state index contributed by atoms with van der Waals surface area (Å²) < 4.78 is 19.9. The molecule has 21 heavy (non-hydrogen) atoms. The number of hydrogen-bond acceptors (Lipinski definition) is 2. The molecule has 1 aromatic heterocycles. The summed E-state index contributed by atoms with van der Waals surface area (Å²) in [7, 11) is 0. The fraction of sp³-hybridized carbons (Fsp3) is 0.400. The van der Waals surface area contributed by atoms with Crippen molar-refractivity contribution >= 4 is 27.8 Å². The third-order valence-corrected chi connectivity index (χ3v) is 2.72. The molecule has 0 aliphatic carbocycles. The maximum atomic E-state index is 12.6. The van der Waals surface area contributed by atoms with Crippen LogP contribution in [0, 0.1) is 19.2 Å². The van der Waals surface area contributed by atoms with Gasteiger partial charge in [-0.1, -0.05) is 48.8 Å². The minimum absolute atomic E-state index is 0. The molecule has 0 spiro atoms. The first-order valence-electron chi connectivity index (χ1n) is 6.04. The zero-order valence-corrected chi connectivity index (χ0v) is 22.5. The molecular formula is C15H24BrCsFNOS. The molecule has 0 atom stereocenters. The summed E-state index contributed by atoms with van der Waals surface area (Å²) >= 11 is 4.57. The molecule has 0 bridgehead atoms. The molecule has 0 fully saturated rings. The van der Waals surface area contributed by atoms with Crippen molar-refractivity contribution in [3.8, 4) is 0 Å². The van der Waals surface area contributed by atoms with Gasteiger partial charge < -0.3 is 7.43 Å². The van der Waals surface area contributed by atoms with Crippen molar-refractivity contribution in [1.82, 2.24) is 4.13 Å². The first kappa shape index (κ1) is 27.1. The molecule has 116 valence electrons. The third kappa shape index (κ3) is 17.4. The maximum Gasteiger partial charge on any atom is 1.00 e. The second-order valence-electron chi connectivity index (χ2n) is 4.52. The van der Waals surface area contributed by atoms with Crippen LogP contribution >= 0.6 is 27.8 Å². The second kappa shape index (κ2) is 16.1. The van der Waals surface area contributed by atoms with Gasteiger partial charge in [-0.25, -0.2) is 4.39 Å². The van der Waals surface area contributed by atoms with Gasteiger partial charge in [-0.15, -0.1) is 10.7 Å². The topological polar surface area (TPSA) is 18.1 Å². The van der Waals surface area contributed by atoms with Crippen LogP contribution in [0.15, 0.2) is 39.3 Å². The SMILES string of the molecule is C=CC.CC(C)C.Fc1ccc(Cn2os2)c(Br)c1.[CH3-].[Cs+]. The number of aromatic nitrogens is 1. The van der Waals surface area contributed by atoms with E-state index >= 15 is 0 Å². The molecule has 1 aromatic carbocycles. The Labute approximate surface area is 200 Å². The Morgan fingerprint density at radius 2 is 1.86 bits per heavy atom. The second-order valence-corrected chi connectivity index (χ2v) is 6.08. The summed E-state index contributed by atoms with van der Waals surface area (Å²) in [5.41, 5.74) is 1.02. The summed E-state index contributed by atoms with van der Waals surface area (Å²) in [5, 5.41) is 0. The van der Waals surface area contributed by atoms with Crippen LogP contribution in [0.3, 0.4) is 0 Å². The smallest absolute Gasteiger partial charge is 0.358 e. The summed E-state index contributed by atoms with van der Waals surface area (Å²) in [5.74, 6) is 0.602. The van der Waals surface area contributed by atoms with Crippen LogP contribution in [0.5, 0.6) is 0 Å². The van der Waals surface area contributed by atoms with Gasteiger partial charge in [-0.3, -0.25) is 3.96 Å². The van der Waals surface area contributed by atoms with E-state index in [1.54, 1.807) is 16.3 Å². The van der Waals surface area contributed by atoms with Crippen molar-refractivity contribution in [2.24, 2.45) is 5.92 Å². The van der Waals surface area contributed by atoms with Gasteiger partial charge in [0.1, 0.15) is 5.82 Å². The van der Waals surface area contributed by atoms with Crippen molar-refractivity contribution in [2.75, 3.05) is 0 Å². The van der Waals surface area contributed by atoms with Crippen molar-refractivity contribution in [1.29, 1.82) is 0 Å². The number of rotatable bonds is 2. The van der Waals surface area contributed by atoms with Crippen LogP contribution in [0.1, 0.15) is 33.3 Å². The van der Waals surface area contributed by atoms with Gasteiger partial charge in [-0.05, 0) is 30.5 Å². The van der Waals surface area contributed by atoms with Gasteiger partial charge in [-0.2, -0.15) is 0 Å². The molecule has 0 saturated heterocycles. The van der Waals surface area contributed by atoms with E-state index in [-0.39, 0.29) is 82.1 Å². The normalized spacial score (nSPS) is 8.52.